The van der Waals surface area contributed by atoms with Crippen LogP contribution in [0.3, 0.4) is 0 Å². The van der Waals surface area contributed by atoms with Gasteiger partial charge in [-0.25, -0.2) is 9.97 Å². The van der Waals surface area contributed by atoms with E-state index in [1.165, 1.54) is 21.9 Å². The molecule has 8 heteroatoms. The van der Waals surface area contributed by atoms with Gasteiger partial charge in [0.2, 0.25) is 11.8 Å². The van der Waals surface area contributed by atoms with Crippen LogP contribution in [0.5, 0.6) is 0 Å². The molecule has 0 atom stereocenters. The van der Waals surface area contributed by atoms with Gasteiger partial charge in [0.05, 0.1) is 57.0 Å². The first-order chi connectivity index (χ1) is 25.6. The van der Waals surface area contributed by atoms with Crippen LogP contribution in [-0.4, -0.2) is 29.1 Å². The summed E-state index contributed by atoms with van der Waals surface area (Å²) in [5.74, 6) is 0.976. The summed E-state index contributed by atoms with van der Waals surface area (Å²) in [5.41, 5.74) is 12.7. The normalized spacial score (nSPS) is 12.0. The molecule has 11 rings (SSSR count). The number of oxazole rings is 2. The van der Waals surface area contributed by atoms with Gasteiger partial charge >= 0.3 is 0 Å². The molecule has 0 aliphatic rings. The average Bonchev–Trinajstić information content (AvgIpc) is 3.95. The molecule has 0 unspecified atom stereocenters. The van der Waals surface area contributed by atoms with Crippen molar-refractivity contribution < 1.29 is 8.83 Å². The number of rotatable bonds is 4. The maximum Gasteiger partial charge on any atom is 0.229 e. The summed E-state index contributed by atoms with van der Waals surface area (Å²) in [4.78, 5) is 18.7. The summed E-state index contributed by atoms with van der Waals surface area (Å²) < 4.78 is 17.8. The van der Waals surface area contributed by atoms with Gasteiger partial charge in [-0.15, -0.1) is 0 Å². The van der Waals surface area contributed by atoms with Crippen LogP contribution in [0.15, 0.2) is 143 Å². The van der Waals surface area contributed by atoms with Crippen LogP contribution in [0.4, 0.5) is 0 Å². The van der Waals surface area contributed by atoms with Crippen molar-refractivity contribution in [3.63, 3.8) is 0 Å². The molecule has 0 bridgehead atoms. The number of para-hydroxylation sites is 2. The molecule has 0 aliphatic heterocycles. The Balaban J connectivity index is 1.34. The highest BCUT2D eigenvalue weighted by Gasteiger charge is 2.26. The van der Waals surface area contributed by atoms with Crippen molar-refractivity contribution in [2.75, 3.05) is 0 Å². The van der Waals surface area contributed by atoms with Crippen LogP contribution in [0, 0.1) is 13.8 Å². The molecule has 0 fully saturated rings. The summed E-state index contributed by atoms with van der Waals surface area (Å²) in [6.07, 6.45) is 6.93. The number of nitrogens with zero attached hydrogens (tertiary/aromatic N) is 6. The topological polar surface area (TPSA) is 87.7 Å². The number of aryl methyl sites for hydroxylation is 2. The maximum atomic E-state index is 6.57. The summed E-state index contributed by atoms with van der Waals surface area (Å²) in [5, 5.41) is 4.65. The molecule has 0 aliphatic carbocycles. The molecule has 246 valence electrons. The predicted molar refractivity (Wildman–Crippen MR) is 206 cm³/mol. The first kappa shape index (κ1) is 28.7. The van der Waals surface area contributed by atoms with E-state index in [2.05, 4.69) is 130 Å². The lowest BCUT2D eigenvalue weighted by Gasteiger charge is -2.18. The molecule has 0 radical (unpaired) electrons. The van der Waals surface area contributed by atoms with Gasteiger partial charge in [0.1, 0.15) is 11.0 Å². The lowest BCUT2D eigenvalue weighted by molar-refractivity contribution is 0.616. The van der Waals surface area contributed by atoms with E-state index in [1.807, 2.05) is 12.1 Å². The average molecular weight is 673 g/mol. The molecule has 0 amide bonds. The van der Waals surface area contributed by atoms with Gasteiger partial charge in [-0.05, 0) is 62.4 Å². The smallest absolute Gasteiger partial charge is 0.229 e. The Kier molecular flexibility index (Phi) is 5.93. The highest BCUT2D eigenvalue weighted by atomic mass is 16.4. The van der Waals surface area contributed by atoms with E-state index in [-0.39, 0.29) is 0 Å². The molecule has 6 heterocycles. The predicted octanol–water partition coefficient (Wildman–Crippen LogP) is 10.9. The molecule has 8 nitrogen and oxygen atoms in total. The van der Waals surface area contributed by atoms with E-state index in [0.717, 1.165) is 55.3 Å². The SMILES string of the molecule is Cc1ccc2c(c1)c1ccccc1n2-c1cc(-c2nc3cnccc3o2)c(-n2c3ccccc3c3cc(C)ccc32)cc1-c1nc2cnccc2o1. The van der Waals surface area contributed by atoms with E-state index >= 15 is 0 Å². The Morgan fingerprint density at radius 2 is 0.904 bits per heavy atom. The van der Waals surface area contributed by atoms with Gasteiger partial charge < -0.3 is 18.0 Å². The second kappa shape index (κ2) is 10.7. The van der Waals surface area contributed by atoms with E-state index in [4.69, 9.17) is 18.8 Å². The van der Waals surface area contributed by atoms with Gasteiger partial charge in [-0.1, -0.05) is 59.7 Å². The summed E-state index contributed by atoms with van der Waals surface area (Å²) in [6.45, 7) is 4.26. The van der Waals surface area contributed by atoms with Crippen LogP contribution in [0.1, 0.15) is 11.1 Å². The molecule has 0 N–H and O–H groups in total. The maximum absolute atomic E-state index is 6.57. The second-order valence-electron chi connectivity index (χ2n) is 13.4. The fourth-order valence-corrected chi connectivity index (χ4v) is 7.77. The molecule has 6 aromatic heterocycles. The van der Waals surface area contributed by atoms with Crippen molar-refractivity contribution in [1.82, 2.24) is 29.1 Å². The Bertz CT molecular complexity index is 2950. The molecule has 5 aromatic carbocycles. The Morgan fingerprint density at radius 3 is 1.37 bits per heavy atom. The summed E-state index contributed by atoms with van der Waals surface area (Å²) >= 11 is 0. The number of aromatic nitrogens is 6. The zero-order valence-electron chi connectivity index (χ0n) is 28.2. The second-order valence-corrected chi connectivity index (χ2v) is 13.4. The third-order valence-corrected chi connectivity index (χ3v) is 10.1. The molecule has 11 aromatic rings. The molecular formula is C44H28N6O2. The number of hydrogen-bond donors (Lipinski definition) is 0. The zero-order valence-corrected chi connectivity index (χ0v) is 28.2. The third-order valence-electron chi connectivity index (χ3n) is 10.1. The first-order valence-electron chi connectivity index (χ1n) is 17.2. The molecular weight excluding hydrogens is 645 g/mol. The monoisotopic (exact) mass is 672 g/mol. The third kappa shape index (κ3) is 4.15. The lowest BCUT2D eigenvalue weighted by Crippen LogP contribution is -2.04. The van der Waals surface area contributed by atoms with Crippen LogP contribution in [0.2, 0.25) is 0 Å². The number of hydrogen-bond acceptors (Lipinski definition) is 6. The van der Waals surface area contributed by atoms with Gasteiger partial charge in [0.25, 0.3) is 0 Å². The van der Waals surface area contributed by atoms with E-state index in [0.29, 0.717) is 34.0 Å². The molecule has 52 heavy (non-hydrogen) atoms. The molecule has 0 spiro atoms. The quantitative estimate of drug-likeness (QED) is 0.185. The zero-order chi connectivity index (χ0) is 34.5. The van der Waals surface area contributed by atoms with E-state index < -0.39 is 0 Å². The van der Waals surface area contributed by atoms with Crippen molar-refractivity contribution >= 4 is 65.8 Å². The van der Waals surface area contributed by atoms with Crippen LogP contribution >= 0.6 is 0 Å². The fourth-order valence-electron chi connectivity index (χ4n) is 7.77. The van der Waals surface area contributed by atoms with Gasteiger partial charge in [0.15, 0.2) is 11.2 Å². The Morgan fingerprint density at radius 1 is 0.462 bits per heavy atom. The summed E-state index contributed by atoms with van der Waals surface area (Å²) in [7, 11) is 0. The van der Waals surface area contributed by atoms with Crippen molar-refractivity contribution in [3.05, 3.63) is 145 Å². The minimum atomic E-state index is 0.488. The van der Waals surface area contributed by atoms with Gasteiger partial charge in [-0.3, -0.25) is 9.97 Å². The van der Waals surface area contributed by atoms with Crippen LogP contribution in [-0.2, 0) is 0 Å². The number of benzene rings is 5. The van der Waals surface area contributed by atoms with Crippen molar-refractivity contribution in [2.45, 2.75) is 13.8 Å². The fraction of sp³-hybridized carbons (Fsp3) is 0.0455. The van der Waals surface area contributed by atoms with Gasteiger partial charge in [-0.2, -0.15) is 0 Å². The lowest BCUT2D eigenvalue weighted by atomic mass is 10.0. The largest absolute Gasteiger partial charge is 0.436 e. The van der Waals surface area contributed by atoms with Crippen molar-refractivity contribution in [3.8, 4) is 34.3 Å². The highest BCUT2D eigenvalue weighted by Crippen LogP contribution is 2.44. The minimum absolute atomic E-state index is 0.488. The molecule has 0 saturated heterocycles. The molecule has 0 saturated carbocycles. The standard InChI is InChI=1S/C44H28N6O2/c1-25-11-13-37-29(19-25)27-7-3-5-9-35(27)49(37)39-21-32(44-48-34-24-46-18-16-42(34)52-44)40(22-31(39)43-47-33-23-45-17-15-41(33)51-43)50-36-10-6-4-8-28(36)30-20-26(2)12-14-38(30)50/h3-24H,1-2H3. The Labute approximate surface area is 296 Å². The first-order valence-corrected chi connectivity index (χ1v) is 17.2. The van der Waals surface area contributed by atoms with Gasteiger partial charge in [0, 0.05) is 46.1 Å². The van der Waals surface area contributed by atoms with E-state index in [1.54, 1.807) is 24.8 Å². The number of fused-ring (bicyclic) bond motifs is 8. The van der Waals surface area contributed by atoms with Crippen LogP contribution < -0.4 is 0 Å². The van der Waals surface area contributed by atoms with E-state index in [9.17, 15) is 0 Å². The number of pyridine rings is 2. The van der Waals surface area contributed by atoms with Crippen molar-refractivity contribution in [1.29, 1.82) is 0 Å². The highest BCUT2D eigenvalue weighted by molar-refractivity contribution is 6.12. The summed E-state index contributed by atoms with van der Waals surface area (Å²) in [6, 6.07) is 38.3. The van der Waals surface area contributed by atoms with Crippen molar-refractivity contribution in [2.24, 2.45) is 0 Å². The minimum Gasteiger partial charge on any atom is -0.436 e. The van der Waals surface area contributed by atoms with Crippen LogP contribution in [0.25, 0.3) is 100 Å². The Hall–Kier alpha value is -7.06.